The molecule has 1 amide bonds. The van der Waals surface area contributed by atoms with Crippen molar-refractivity contribution in [1.29, 1.82) is 0 Å². The van der Waals surface area contributed by atoms with Crippen LogP contribution in [-0.4, -0.2) is 29.9 Å². The van der Waals surface area contributed by atoms with Crippen LogP contribution >= 0.6 is 0 Å². The van der Waals surface area contributed by atoms with E-state index in [-0.39, 0.29) is 36.6 Å². The highest BCUT2D eigenvalue weighted by atomic mass is 19.4. The molecule has 0 unspecified atom stereocenters. The summed E-state index contributed by atoms with van der Waals surface area (Å²) in [6.45, 7) is 7.41. The number of ether oxygens (including phenoxy) is 1. The molecule has 0 bridgehead atoms. The molecule has 1 aliphatic rings. The molecule has 2 rings (SSSR count). The first-order chi connectivity index (χ1) is 13.3. The number of esters is 1. The molecule has 0 fully saturated rings. The highest BCUT2D eigenvalue weighted by molar-refractivity contribution is 5.96. The first-order valence-electron chi connectivity index (χ1n) is 9.23. The molecule has 0 aliphatic carbocycles. The first kappa shape index (κ1) is 21.7. The van der Waals surface area contributed by atoms with Gasteiger partial charge >= 0.3 is 12.1 Å². The average Bonchev–Trinajstić information content (AvgIpc) is 2.64. The number of carbonyl (C=O) groups is 2. The summed E-state index contributed by atoms with van der Waals surface area (Å²) in [6, 6.07) is 5.07. The maximum absolute atomic E-state index is 13.6. The topological polar surface area (TPSA) is 46.6 Å². The Kier molecular flexibility index (Phi) is 7.05. The van der Waals surface area contributed by atoms with Gasteiger partial charge in [-0.25, -0.2) is 4.79 Å². The van der Waals surface area contributed by atoms with E-state index < -0.39 is 23.6 Å². The van der Waals surface area contributed by atoms with Crippen molar-refractivity contribution >= 4 is 11.9 Å². The fourth-order valence-electron chi connectivity index (χ4n) is 3.52. The molecular formula is C21H24F3NO3. The van der Waals surface area contributed by atoms with Gasteiger partial charge in [0.1, 0.15) is 0 Å². The lowest BCUT2D eigenvalue weighted by molar-refractivity contribution is -0.142. The Balaban J connectivity index is 2.73. The van der Waals surface area contributed by atoms with Gasteiger partial charge in [0, 0.05) is 24.6 Å². The Morgan fingerprint density at radius 2 is 2.00 bits per heavy atom. The van der Waals surface area contributed by atoms with Crippen LogP contribution in [0, 0.1) is 0 Å². The van der Waals surface area contributed by atoms with Crippen LogP contribution < -0.4 is 0 Å². The van der Waals surface area contributed by atoms with Crippen molar-refractivity contribution in [2.75, 3.05) is 13.2 Å². The van der Waals surface area contributed by atoms with Crippen molar-refractivity contribution in [3.63, 3.8) is 0 Å². The van der Waals surface area contributed by atoms with Gasteiger partial charge in [0.15, 0.2) is 0 Å². The Labute approximate surface area is 162 Å². The zero-order valence-electron chi connectivity index (χ0n) is 16.0. The van der Waals surface area contributed by atoms with Crippen LogP contribution in [0.2, 0.25) is 0 Å². The van der Waals surface area contributed by atoms with Crippen LogP contribution in [-0.2, 0) is 20.5 Å². The quantitative estimate of drug-likeness (QED) is 0.491. The van der Waals surface area contributed by atoms with Gasteiger partial charge in [-0.1, -0.05) is 37.6 Å². The summed E-state index contributed by atoms with van der Waals surface area (Å²) in [7, 11) is 0. The molecular weight excluding hydrogens is 371 g/mol. The molecule has 0 radical (unpaired) electrons. The molecule has 7 heteroatoms. The second kappa shape index (κ2) is 9.08. The molecule has 0 saturated carbocycles. The predicted octanol–water partition coefficient (Wildman–Crippen LogP) is 4.82. The monoisotopic (exact) mass is 395 g/mol. The van der Waals surface area contributed by atoms with Gasteiger partial charge in [0.25, 0.3) is 0 Å². The smallest absolute Gasteiger partial charge is 0.416 e. The third kappa shape index (κ3) is 4.46. The minimum Gasteiger partial charge on any atom is -0.463 e. The van der Waals surface area contributed by atoms with E-state index in [2.05, 4.69) is 6.58 Å². The fraction of sp³-hybridized carbons (Fsp3) is 0.429. The lowest BCUT2D eigenvalue weighted by Gasteiger charge is -2.36. The summed E-state index contributed by atoms with van der Waals surface area (Å²) in [5.41, 5.74) is -0.387. The molecule has 1 heterocycles. The third-order valence-corrected chi connectivity index (χ3v) is 4.60. The van der Waals surface area contributed by atoms with E-state index in [4.69, 9.17) is 4.74 Å². The summed E-state index contributed by atoms with van der Waals surface area (Å²) in [4.78, 5) is 26.9. The van der Waals surface area contributed by atoms with E-state index in [9.17, 15) is 22.8 Å². The van der Waals surface area contributed by atoms with Gasteiger partial charge in [0.2, 0.25) is 5.91 Å². The second-order valence-electron chi connectivity index (χ2n) is 6.47. The number of alkyl halides is 3. The zero-order valence-corrected chi connectivity index (χ0v) is 16.0. The molecule has 28 heavy (non-hydrogen) atoms. The summed E-state index contributed by atoms with van der Waals surface area (Å²) >= 11 is 0. The molecule has 1 aromatic rings. The first-order valence-corrected chi connectivity index (χ1v) is 9.23. The standard InChI is InChI=1S/C21H24F3NO3/c1-4-9-17-19(20(27)28-6-3)15(13-18(26)25(17)12-5-2)14-10-7-8-11-16(14)21(22,23)24/h5,7-8,10-11,15H,2,4,6,9,12-13H2,1,3H3/t15-/m1/s1. The number of halogens is 3. The van der Waals surface area contributed by atoms with Gasteiger partial charge in [-0.15, -0.1) is 6.58 Å². The maximum atomic E-state index is 13.6. The molecule has 0 spiro atoms. The molecule has 152 valence electrons. The predicted molar refractivity (Wildman–Crippen MR) is 99.3 cm³/mol. The lowest BCUT2D eigenvalue weighted by atomic mass is 9.80. The van der Waals surface area contributed by atoms with Gasteiger partial charge < -0.3 is 9.64 Å². The lowest BCUT2D eigenvalue weighted by Crippen LogP contribution is -2.39. The molecule has 1 aliphatic heterocycles. The Bertz CT molecular complexity index is 783. The molecule has 4 nitrogen and oxygen atoms in total. The van der Waals surface area contributed by atoms with Crippen molar-refractivity contribution < 1.29 is 27.5 Å². The van der Waals surface area contributed by atoms with Gasteiger partial charge in [0.05, 0.1) is 17.7 Å². The minimum atomic E-state index is -4.59. The van der Waals surface area contributed by atoms with Crippen LogP contribution in [0.15, 0.2) is 48.2 Å². The number of hydrogen-bond donors (Lipinski definition) is 0. The summed E-state index contributed by atoms with van der Waals surface area (Å²) in [6.07, 6.45) is -2.31. The van der Waals surface area contributed by atoms with Gasteiger partial charge in [-0.3, -0.25) is 4.79 Å². The van der Waals surface area contributed by atoms with Crippen molar-refractivity contribution in [3.8, 4) is 0 Å². The minimum absolute atomic E-state index is 0.0849. The number of benzene rings is 1. The van der Waals surface area contributed by atoms with E-state index in [1.54, 1.807) is 6.92 Å². The molecule has 1 atom stereocenters. The van der Waals surface area contributed by atoms with Crippen LogP contribution in [0.4, 0.5) is 13.2 Å². The van der Waals surface area contributed by atoms with E-state index >= 15 is 0 Å². The van der Waals surface area contributed by atoms with Crippen LogP contribution in [0.25, 0.3) is 0 Å². The normalized spacial score (nSPS) is 17.7. The van der Waals surface area contributed by atoms with Gasteiger partial charge in [-0.2, -0.15) is 13.2 Å². The molecule has 0 saturated heterocycles. The van der Waals surface area contributed by atoms with Gasteiger partial charge in [-0.05, 0) is 25.0 Å². The highest BCUT2D eigenvalue weighted by Gasteiger charge is 2.42. The largest absolute Gasteiger partial charge is 0.463 e. The van der Waals surface area contributed by atoms with Crippen molar-refractivity contribution in [2.24, 2.45) is 0 Å². The third-order valence-electron chi connectivity index (χ3n) is 4.60. The second-order valence-corrected chi connectivity index (χ2v) is 6.47. The van der Waals surface area contributed by atoms with Crippen molar-refractivity contribution in [3.05, 3.63) is 59.3 Å². The zero-order chi connectivity index (χ0) is 20.9. The van der Waals surface area contributed by atoms with E-state index in [1.165, 1.54) is 29.2 Å². The van der Waals surface area contributed by atoms with Crippen molar-refractivity contribution in [2.45, 2.75) is 45.2 Å². The number of allylic oxidation sites excluding steroid dienone is 1. The number of nitrogens with zero attached hydrogens (tertiary/aromatic N) is 1. The number of rotatable bonds is 7. The number of amides is 1. The van der Waals surface area contributed by atoms with E-state index in [0.717, 1.165) is 6.07 Å². The summed E-state index contributed by atoms with van der Waals surface area (Å²) < 4.78 is 45.9. The van der Waals surface area contributed by atoms with E-state index in [0.29, 0.717) is 18.5 Å². The Morgan fingerprint density at radius 3 is 2.57 bits per heavy atom. The average molecular weight is 395 g/mol. The molecule has 0 N–H and O–H groups in total. The number of carbonyl (C=O) groups excluding carboxylic acids is 2. The van der Waals surface area contributed by atoms with Crippen LogP contribution in [0.5, 0.6) is 0 Å². The summed E-state index contributed by atoms with van der Waals surface area (Å²) in [5.74, 6) is -2.03. The van der Waals surface area contributed by atoms with Crippen molar-refractivity contribution in [1.82, 2.24) is 4.90 Å². The maximum Gasteiger partial charge on any atom is 0.416 e. The highest BCUT2D eigenvalue weighted by Crippen LogP contribution is 2.43. The molecule has 1 aromatic carbocycles. The Morgan fingerprint density at radius 1 is 1.32 bits per heavy atom. The van der Waals surface area contributed by atoms with Crippen LogP contribution in [0.3, 0.4) is 0 Å². The fourth-order valence-corrected chi connectivity index (χ4v) is 3.52. The molecule has 0 aromatic heterocycles. The summed E-state index contributed by atoms with van der Waals surface area (Å²) in [5, 5.41) is 0. The number of hydrogen-bond acceptors (Lipinski definition) is 3. The van der Waals surface area contributed by atoms with Crippen LogP contribution in [0.1, 0.15) is 50.2 Å². The van der Waals surface area contributed by atoms with E-state index in [1.807, 2.05) is 6.92 Å². The Hall–Kier alpha value is -2.57. The SMILES string of the molecule is C=CCN1C(=O)C[C@H](c2ccccc2C(F)(F)F)C(C(=O)OCC)=C1CCC.